The lowest BCUT2D eigenvalue weighted by atomic mass is 10.1. The minimum Gasteiger partial charge on any atom is -0.369 e. The van der Waals surface area contributed by atoms with Crippen molar-refractivity contribution in [3.63, 3.8) is 0 Å². The van der Waals surface area contributed by atoms with E-state index in [2.05, 4.69) is 26.9 Å². The number of anilines is 1. The number of aryl methyl sites for hydroxylation is 1. The van der Waals surface area contributed by atoms with Gasteiger partial charge in [-0.3, -0.25) is 9.78 Å². The van der Waals surface area contributed by atoms with Crippen LogP contribution in [0.5, 0.6) is 0 Å². The SMILES string of the molecule is CCc1ccccc1-c1nc2nc(N)[nH]c(=O)c2[nH]1. The molecule has 0 saturated heterocycles. The van der Waals surface area contributed by atoms with Crippen LogP contribution in [0.15, 0.2) is 29.1 Å². The third-order valence-corrected chi connectivity index (χ3v) is 3.03. The summed E-state index contributed by atoms with van der Waals surface area (Å²) >= 11 is 0. The number of hydrogen-bond donors (Lipinski definition) is 3. The van der Waals surface area contributed by atoms with E-state index in [1.165, 1.54) is 0 Å². The fourth-order valence-electron chi connectivity index (χ4n) is 2.11. The highest BCUT2D eigenvalue weighted by atomic mass is 16.1. The predicted molar refractivity (Wildman–Crippen MR) is 73.7 cm³/mol. The number of hydrogen-bond acceptors (Lipinski definition) is 4. The van der Waals surface area contributed by atoms with Crippen LogP contribution in [0.2, 0.25) is 0 Å². The van der Waals surface area contributed by atoms with Gasteiger partial charge in [0.2, 0.25) is 5.95 Å². The first-order valence-electron chi connectivity index (χ1n) is 6.03. The van der Waals surface area contributed by atoms with Crippen LogP contribution in [0.25, 0.3) is 22.6 Å². The van der Waals surface area contributed by atoms with E-state index in [1.54, 1.807) is 0 Å². The first-order chi connectivity index (χ1) is 9.19. The molecule has 0 aliphatic rings. The number of aromatic amines is 2. The van der Waals surface area contributed by atoms with E-state index < -0.39 is 0 Å². The van der Waals surface area contributed by atoms with Crippen LogP contribution in [0.4, 0.5) is 5.95 Å². The van der Waals surface area contributed by atoms with Crippen LogP contribution in [-0.4, -0.2) is 19.9 Å². The van der Waals surface area contributed by atoms with E-state index in [9.17, 15) is 4.79 Å². The summed E-state index contributed by atoms with van der Waals surface area (Å²) in [6, 6.07) is 7.92. The van der Waals surface area contributed by atoms with Crippen molar-refractivity contribution in [2.75, 3.05) is 5.73 Å². The van der Waals surface area contributed by atoms with E-state index in [0.717, 1.165) is 17.5 Å². The van der Waals surface area contributed by atoms with Gasteiger partial charge in [-0.2, -0.15) is 4.98 Å². The topological polar surface area (TPSA) is 100 Å². The fourth-order valence-corrected chi connectivity index (χ4v) is 2.11. The molecule has 2 aromatic heterocycles. The molecule has 0 spiro atoms. The Morgan fingerprint density at radius 2 is 2.00 bits per heavy atom. The number of nitrogens with one attached hydrogen (secondary N) is 2. The van der Waals surface area contributed by atoms with E-state index >= 15 is 0 Å². The minimum absolute atomic E-state index is 0.0688. The zero-order chi connectivity index (χ0) is 13.4. The van der Waals surface area contributed by atoms with Crippen molar-refractivity contribution in [1.82, 2.24) is 19.9 Å². The van der Waals surface area contributed by atoms with Gasteiger partial charge in [0, 0.05) is 5.56 Å². The monoisotopic (exact) mass is 255 g/mol. The molecule has 0 aliphatic heterocycles. The maximum atomic E-state index is 11.8. The first-order valence-corrected chi connectivity index (χ1v) is 6.03. The largest absolute Gasteiger partial charge is 0.369 e. The van der Waals surface area contributed by atoms with Gasteiger partial charge in [-0.05, 0) is 12.0 Å². The van der Waals surface area contributed by atoms with Crippen LogP contribution in [0.1, 0.15) is 12.5 Å². The number of nitrogens with two attached hydrogens (primary N) is 1. The van der Waals surface area contributed by atoms with Crippen molar-refractivity contribution in [3.8, 4) is 11.4 Å². The molecule has 0 atom stereocenters. The number of nitrogens with zero attached hydrogens (tertiary/aromatic N) is 2. The lowest BCUT2D eigenvalue weighted by molar-refractivity contribution is 1.13. The summed E-state index contributed by atoms with van der Waals surface area (Å²) in [6.07, 6.45) is 0.888. The number of benzene rings is 1. The Hall–Kier alpha value is -2.63. The molecule has 4 N–H and O–H groups in total. The minimum atomic E-state index is -0.310. The highest BCUT2D eigenvalue weighted by molar-refractivity contribution is 5.76. The Bertz CT molecular complexity index is 802. The zero-order valence-electron chi connectivity index (χ0n) is 10.4. The zero-order valence-corrected chi connectivity index (χ0v) is 10.4. The van der Waals surface area contributed by atoms with Crippen LogP contribution in [-0.2, 0) is 6.42 Å². The maximum Gasteiger partial charge on any atom is 0.278 e. The molecule has 0 fully saturated rings. The predicted octanol–water partition coefficient (Wildman–Crippen LogP) is 1.46. The molecule has 0 bridgehead atoms. The molecule has 0 saturated carbocycles. The molecule has 6 nitrogen and oxygen atoms in total. The molecule has 0 unspecified atom stereocenters. The van der Waals surface area contributed by atoms with E-state index in [4.69, 9.17) is 5.73 Å². The van der Waals surface area contributed by atoms with Gasteiger partial charge >= 0.3 is 0 Å². The summed E-state index contributed by atoms with van der Waals surface area (Å²) in [5, 5.41) is 0. The van der Waals surface area contributed by atoms with Crippen molar-refractivity contribution in [2.24, 2.45) is 0 Å². The molecule has 96 valence electrons. The lowest BCUT2D eigenvalue weighted by Gasteiger charge is -2.03. The highest BCUT2D eigenvalue weighted by Crippen LogP contribution is 2.22. The van der Waals surface area contributed by atoms with Gasteiger partial charge in [-0.15, -0.1) is 0 Å². The van der Waals surface area contributed by atoms with Crippen molar-refractivity contribution < 1.29 is 0 Å². The molecule has 1 aromatic carbocycles. The molecule has 6 heteroatoms. The Kier molecular flexibility index (Phi) is 2.56. The van der Waals surface area contributed by atoms with Crippen LogP contribution >= 0.6 is 0 Å². The van der Waals surface area contributed by atoms with Gasteiger partial charge in [-0.1, -0.05) is 31.2 Å². The summed E-state index contributed by atoms with van der Waals surface area (Å²) in [6.45, 7) is 2.07. The molecule has 0 aliphatic carbocycles. The maximum absolute atomic E-state index is 11.8. The van der Waals surface area contributed by atoms with E-state index in [1.807, 2.05) is 24.3 Å². The van der Waals surface area contributed by atoms with Crippen molar-refractivity contribution in [2.45, 2.75) is 13.3 Å². The second-order valence-electron chi connectivity index (χ2n) is 4.25. The first kappa shape index (κ1) is 11.5. The second kappa shape index (κ2) is 4.24. The Labute approximate surface area is 108 Å². The summed E-state index contributed by atoms with van der Waals surface area (Å²) < 4.78 is 0. The van der Waals surface area contributed by atoms with Gasteiger partial charge < -0.3 is 10.7 Å². The van der Waals surface area contributed by atoms with Crippen LogP contribution < -0.4 is 11.3 Å². The van der Waals surface area contributed by atoms with Gasteiger partial charge in [0.25, 0.3) is 5.56 Å². The molecular weight excluding hydrogens is 242 g/mol. The summed E-state index contributed by atoms with van der Waals surface area (Å²) in [7, 11) is 0. The van der Waals surface area contributed by atoms with E-state index in [-0.39, 0.29) is 11.5 Å². The highest BCUT2D eigenvalue weighted by Gasteiger charge is 2.12. The average molecular weight is 255 g/mol. The lowest BCUT2D eigenvalue weighted by Crippen LogP contribution is -2.10. The summed E-state index contributed by atoms with van der Waals surface area (Å²) in [5.41, 5.74) is 8.01. The van der Waals surface area contributed by atoms with E-state index in [0.29, 0.717) is 17.0 Å². The smallest absolute Gasteiger partial charge is 0.278 e. The molecule has 2 heterocycles. The average Bonchev–Trinajstić information content (AvgIpc) is 2.82. The molecule has 0 radical (unpaired) electrons. The van der Waals surface area contributed by atoms with Gasteiger partial charge in [-0.25, -0.2) is 4.98 Å². The van der Waals surface area contributed by atoms with Gasteiger partial charge in [0.1, 0.15) is 5.82 Å². The Morgan fingerprint density at radius 1 is 1.21 bits per heavy atom. The number of aromatic nitrogens is 4. The molecular formula is C13H13N5O. The van der Waals surface area contributed by atoms with Gasteiger partial charge in [0.05, 0.1) is 0 Å². The number of imidazole rings is 1. The second-order valence-corrected chi connectivity index (χ2v) is 4.25. The van der Waals surface area contributed by atoms with Crippen molar-refractivity contribution in [3.05, 3.63) is 40.2 Å². The summed E-state index contributed by atoms with van der Waals surface area (Å²) in [5.74, 6) is 0.704. The molecule has 19 heavy (non-hydrogen) atoms. The third-order valence-electron chi connectivity index (χ3n) is 3.03. The number of nitrogen functional groups attached to an aromatic ring is 1. The third kappa shape index (κ3) is 1.87. The number of fused-ring (bicyclic) bond motifs is 1. The fraction of sp³-hybridized carbons (Fsp3) is 0.154. The number of rotatable bonds is 2. The van der Waals surface area contributed by atoms with Crippen LogP contribution in [0, 0.1) is 0 Å². The summed E-state index contributed by atoms with van der Waals surface area (Å²) in [4.78, 5) is 25.6. The van der Waals surface area contributed by atoms with Crippen molar-refractivity contribution in [1.29, 1.82) is 0 Å². The Balaban J connectivity index is 2.26. The molecule has 0 amide bonds. The normalized spacial score (nSPS) is 11.0. The molecule has 3 rings (SSSR count). The van der Waals surface area contributed by atoms with Crippen LogP contribution in [0.3, 0.4) is 0 Å². The number of H-pyrrole nitrogens is 2. The molecule has 3 aromatic rings. The Morgan fingerprint density at radius 3 is 2.79 bits per heavy atom. The standard InChI is InChI=1S/C13H13N5O/c1-2-7-5-3-4-6-8(7)10-15-9-11(16-10)17-13(14)18-12(9)19/h3-6H,2H2,1H3,(H4,14,15,16,17,18,19). The quantitative estimate of drug-likeness (QED) is 0.645. The van der Waals surface area contributed by atoms with Crippen molar-refractivity contribution >= 4 is 17.1 Å². The van der Waals surface area contributed by atoms with Gasteiger partial charge in [0.15, 0.2) is 11.2 Å².